The molecule has 0 aliphatic rings. The van der Waals surface area contributed by atoms with E-state index in [4.69, 9.17) is 23.2 Å². The number of nitrogens with one attached hydrogen (secondary N) is 1. The third-order valence-corrected chi connectivity index (χ3v) is 5.14. The van der Waals surface area contributed by atoms with Gasteiger partial charge in [0.1, 0.15) is 5.82 Å². The second-order valence-electron chi connectivity index (χ2n) is 4.42. The van der Waals surface area contributed by atoms with Crippen LogP contribution >= 0.6 is 55.1 Å². The Morgan fingerprint density at radius 2 is 1.81 bits per heavy atom. The third kappa shape index (κ3) is 3.80. The largest absolute Gasteiger partial charge is 0.306 e. The monoisotopic (exact) mass is 453 g/mol. The molecule has 21 heavy (non-hydrogen) atoms. The number of halogens is 5. The maximum Gasteiger partial charge on any atom is 0.148 e. The summed E-state index contributed by atoms with van der Waals surface area (Å²) in [6.45, 7) is 2.63. The maximum absolute atomic E-state index is 14.5. The van der Waals surface area contributed by atoms with Crippen molar-refractivity contribution in [2.75, 3.05) is 6.54 Å². The Kier molecular flexibility index (Phi) is 6.09. The van der Waals surface area contributed by atoms with E-state index in [9.17, 15) is 4.39 Å². The molecular formula is C15H12Br2Cl2FN. The van der Waals surface area contributed by atoms with Gasteiger partial charge in [0.2, 0.25) is 0 Å². The molecule has 0 aromatic heterocycles. The predicted molar refractivity (Wildman–Crippen MR) is 93.8 cm³/mol. The van der Waals surface area contributed by atoms with Crippen LogP contribution in [-0.4, -0.2) is 6.54 Å². The van der Waals surface area contributed by atoms with Crippen molar-refractivity contribution in [3.63, 3.8) is 0 Å². The normalized spacial score (nSPS) is 12.5. The Morgan fingerprint density at radius 1 is 1.14 bits per heavy atom. The minimum absolute atomic E-state index is 0.0728. The third-order valence-electron chi connectivity index (χ3n) is 3.06. The highest BCUT2D eigenvalue weighted by Gasteiger charge is 2.22. The van der Waals surface area contributed by atoms with Gasteiger partial charge in [-0.2, -0.15) is 0 Å². The Labute approximate surface area is 150 Å². The van der Waals surface area contributed by atoms with Crippen LogP contribution in [0.1, 0.15) is 24.1 Å². The van der Waals surface area contributed by atoms with E-state index in [-0.39, 0.29) is 11.1 Å². The SMILES string of the molecule is CCNC(c1ccc(Br)cc1Cl)c1ccc(Br)c(Cl)c1F. The predicted octanol–water partition coefficient (Wildman–Crippen LogP) is 6.36. The lowest BCUT2D eigenvalue weighted by Crippen LogP contribution is -2.23. The van der Waals surface area contributed by atoms with Crippen molar-refractivity contribution in [3.8, 4) is 0 Å². The van der Waals surface area contributed by atoms with Gasteiger partial charge in [-0.3, -0.25) is 0 Å². The topological polar surface area (TPSA) is 12.0 Å². The molecule has 0 saturated carbocycles. The van der Waals surface area contributed by atoms with E-state index in [1.54, 1.807) is 18.2 Å². The average Bonchev–Trinajstić information content (AvgIpc) is 2.44. The van der Waals surface area contributed by atoms with Crippen LogP contribution in [0.2, 0.25) is 10.0 Å². The summed E-state index contributed by atoms with van der Waals surface area (Å²) >= 11 is 18.9. The van der Waals surface area contributed by atoms with Crippen LogP contribution in [0.15, 0.2) is 39.3 Å². The van der Waals surface area contributed by atoms with E-state index >= 15 is 0 Å². The summed E-state index contributed by atoms with van der Waals surface area (Å²) < 4.78 is 15.9. The summed E-state index contributed by atoms with van der Waals surface area (Å²) in [5, 5.41) is 3.89. The summed E-state index contributed by atoms with van der Waals surface area (Å²) in [6, 6.07) is 8.62. The molecule has 0 spiro atoms. The number of rotatable bonds is 4. The fourth-order valence-electron chi connectivity index (χ4n) is 2.09. The summed E-state index contributed by atoms with van der Waals surface area (Å²) in [5.74, 6) is -0.448. The molecule has 112 valence electrons. The first-order valence-electron chi connectivity index (χ1n) is 6.27. The number of hydrogen-bond acceptors (Lipinski definition) is 1. The van der Waals surface area contributed by atoms with E-state index < -0.39 is 5.82 Å². The molecule has 0 aliphatic carbocycles. The first-order valence-corrected chi connectivity index (χ1v) is 8.61. The fraction of sp³-hybridized carbons (Fsp3) is 0.200. The summed E-state index contributed by atoms with van der Waals surface area (Å²) in [7, 11) is 0. The standard InChI is InChI=1S/C15H12Br2Cl2FN/c1-2-21-15(9-4-3-8(16)7-12(9)18)10-5-6-11(17)13(19)14(10)20/h3-7,15,21H,2H2,1H3. The van der Waals surface area contributed by atoms with Gasteiger partial charge >= 0.3 is 0 Å². The van der Waals surface area contributed by atoms with Crippen LogP contribution in [0.4, 0.5) is 4.39 Å². The van der Waals surface area contributed by atoms with Crippen LogP contribution in [0.3, 0.4) is 0 Å². The highest BCUT2D eigenvalue weighted by atomic mass is 79.9. The highest BCUT2D eigenvalue weighted by molar-refractivity contribution is 9.10. The van der Waals surface area contributed by atoms with Crippen molar-refractivity contribution in [2.24, 2.45) is 0 Å². The average molecular weight is 456 g/mol. The van der Waals surface area contributed by atoms with Crippen molar-refractivity contribution >= 4 is 55.1 Å². The van der Waals surface area contributed by atoms with Gasteiger partial charge in [0, 0.05) is 19.5 Å². The zero-order chi connectivity index (χ0) is 15.6. The Morgan fingerprint density at radius 3 is 2.43 bits per heavy atom. The van der Waals surface area contributed by atoms with Crippen molar-refractivity contribution in [1.29, 1.82) is 0 Å². The molecule has 0 aliphatic heterocycles. The zero-order valence-corrected chi connectivity index (χ0v) is 15.7. The lowest BCUT2D eigenvalue weighted by Gasteiger charge is -2.21. The van der Waals surface area contributed by atoms with Crippen LogP contribution in [0, 0.1) is 5.82 Å². The molecule has 2 rings (SSSR count). The van der Waals surface area contributed by atoms with Gasteiger partial charge in [-0.1, -0.05) is 58.2 Å². The molecule has 1 nitrogen and oxygen atoms in total. The smallest absolute Gasteiger partial charge is 0.148 e. The van der Waals surface area contributed by atoms with Gasteiger partial charge in [-0.25, -0.2) is 4.39 Å². The van der Waals surface area contributed by atoms with E-state index in [2.05, 4.69) is 37.2 Å². The van der Waals surface area contributed by atoms with Gasteiger partial charge in [0.15, 0.2) is 0 Å². The molecule has 1 atom stereocenters. The van der Waals surface area contributed by atoms with Crippen molar-refractivity contribution in [2.45, 2.75) is 13.0 Å². The number of benzene rings is 2. The van der Waals surface area contributed by atoms with E-state index in [1.807, 2.05) is 19.1 Å². The van der Waals surface area contributed by atoms with Crippen LogP contribution < -0.4 is 5.32 Å². The highest BCUT2D eigenvalue weighted by Crippen LogP contribution is 2.35. The van der Waals surface area contributed by atoms with E-state index in [1.165, 1.54) is 0 Å². The molecule has 1 unspecified atom stereocenters. The molecule has 0 radical (unpaired) electrons. The Hall–Kier alpha value is -0.130. The maximum atomic E-state index is 14.5. The van der Waals surface area contributed by atoms with E-state index in [0.29, 0.717) is 21.6 Å². The van der Waals surface area contributed by atoms with Crippen LogP contribution in [-0.2, 0) is 0 Å². The minimum atomic E-state index is -0.448. The lowest BCUT2D eigenvalue weighted by atomic mass is 9.98. The molecule has 6 heteroatoms. The first kappa shape index (κ1) is 17.2. The lowest BCUT2D eigenvalue weighted by molar-refractivity contribution is 0.559. The van der Waals surface area contributed by atoms with Gasteiger partial charge in [0.05, 0.1) is 11.1 Å². The van der Waals surface area contributed by atoms with Crippen LogP contribution in [0.5, 0.6) is 0 Å². The summed E-state index contributed by atoms with van der Waals surface area (Å²) in [5.41, 5.74) is 1.27. The molecule has 0 heterocycles. The fourth-order valence-corrected chi connectivity index (χ4v) is 3.35. The van der Waals surface area contributed by atoms with Gasteiger partial charge < -0.3 is 5.32 Å². The Balaban J connectivity index is 2.56. The summed E-state index contributed by atoms with van der Waals surface area (Å²) in [4.78, 5) is 0. The second kappa shape index (κ2) is 7.42. The van der Waals surface area contributed by atoms with E-state index in [0.717, 1.165) is 10.0 Å². The zero-order valence-electron chi connectivity index (χ0n) is 11.1. The Bertz CT molecular complexity index is 664. The minimum Gasteiger partial charge on any atom is -0.306 e. The van der Waals surface area contributed by atoms with Crippen molar-refractivity contribution in [3.05, 3.63) is 66.3 Å². The first-order chi connectivity index (χ1) is 9.95. The van der Waals surface area contributed by atoms with Gasteiger partial charge in [-0.15, -0.1) is 0 Å². The second-order valence-corrected chi connectivity index (χ2v) is 6.98. The van der Waals surface area contributed by atoms with Crippen molar-refractivity contribution in [1.82, 2.24) is 5.32 Å². The number of hydrogen-bond donors (Lipinski definition) is 1. The molecule has 0 bridgehead atoms. The molecule has 1 N–H and O–H groups in total. The molecule has 0 saturated heterocycles. The van der Waals surface area contributed by atoms with Gasteiger partial charge in [-0.05, 0) is 46.2 Å². The van der Waals surface area contributed by atoms with Crippen LogP contribution in [0.25, 0.3) is 0 Å². The molecule has 0 amide bonds. The molecule has 2 aromatic rings. The van der Waals surface area contributed by atoms with Crippen molar-refractivity contribution < 1.29 is 4.39 Å². The van der Waals surface area contributed by atoms with Gasteiger partial charge in [0.25, 0.3) is 0 Å². The molecule has 2 aromatic carbocycles. The molecule has 0 fully saturated rings. The quantitative estimate of drug-likeness (QED) is 0.529. The summed E-state index contributed by atoms with van der Waals surface area (Å²) in [6.07, 6.45) is 0. The molecular weight excluding hydrogens is 444 g/mol.